The van der Waals surface area contributed by atoms with Gasteiger partial charge in [0.15, 0.2) is 0 Å². The van der Waals surface area contributed by atoms with E-state index in [2.05, 4.69) is 20.6 Å². The monoisotopic (exact) mass is 437 g/mol. The molecule has 166 valence electrons. The molecular weight excluding hydrogens is 414 g/mol. The summed E-state index contributed by atoms with van der Waals surface area (Å²) in [5.74, 6) is 0.316. The summed E-state index contributed by atoms with van der Waals surface area (Å²) < 4.78 is 10.5. The van der Waals surface area contributed by atoms with Crippen molar-refractivity contribution in [1.29, 1.82) is 0 Å². The molecule has 0 bridgehead atoms. The summed E-state index contributed by atoms with van der Waals surface area (Å²) in [7, 11) is 1.50. The van der Waals surface area contributed by atoms with Gasteiger partial charge in [-0.1, -0.05) is 26.0 Å². The van der Waals surface area contributed by atoms with E-state index in [9.17, 15) is 14.9 Å². The minimum absolute atomic E-state index is 0.00228. The number of aromatic nitrogens is 2. The second-order valence-electron chi connectivity index (χ2n) is 7.20. The van der Waals surface area contributed by atoms with Crippen LogP contribution in [0, 0.1) is 16.0 Å². The lowest BCUT2D eigenvalue weighted by Gasteiger charge is -2.12. The van der Waals surface area contributed by atoms with Gasteiger partial charge in [-0.15, -0.1) is 0 Å². The molecule has 32 heavy (non-hydrogen) atoms. The highest BCUT2D eigenvalue weighted by Crippen LogP contribution is 2.35. The van der Waals surface area contributed by atoms with Crippen LogP contribution in [0.1, 0.15) is 24.2 Å². The number of nitrogens with zero attached hydrogens (tertiary/aromatic N) is 3. The second kappa shape index (κ2) is 10.2. The standard InChI is InChI=1S/C22H23N5O5/c1-14(2)12-32-22(28)15-8-10-16(11-9-15)25-20-19(27(29)30)21(24-13-23-20)26-17-6-4-5-7-18(17)31-3/h4-11,13-14H,12H2,1-3H3,(H2,23,24,25,26). The Morgan fingerprint density at radius 3 is 2.34 bits per heavy atom. The van der Waals surface area contributed by atoms with Crippen LogP contribution >= 0.6 is 0 Å². The van der Waals surface area contributed by atoms with Crippen LogP contribution in [0.4, 0.5) is 28.7 Å². The lowest BCUT2D eigenvalue weighted by atomic mass is 10.2. The predicted molar refractivity (Wildman–Crippen MR) is 120 cm³/mol. The van der Waals surface area contributed by atoms with E-state index in [-0.39, 0.29) is 23.2 Å². The molecule has 0 amide bonds. The third kappa shape index (κ3) is 5.48. The Balaban J connectivity index is 1.83. The molecule has 1 aromatic heterocycles. The Hall–Kier alpha value is -4.21. The van der Waals surface area contributed by atoms with Gasteiger partial charge >= 0.3 is 11.7 Å². The van der Waals surface area contributed by atoms with Crippen molar-refractivity contribution in [2.45, 2.75) is 13.8 Å². The first-order chi connectivity index (χ1) is 15.4. The Morgan fingerprint density at radius 1 is 1.06 bits per heavy atom. The molecule has 2 aromatic carbocycles. The Bertz CT molecular complexity index is 1100. The molecule has 0 aliphatic carbocycles. The summed E-state index contributed by atoms with van der Waals surface area (Å²) in [5.41, 5.74) is 1.08. The van der Waals surface area contributed by atoms with E-state index >= 15 is 0 Å². The van der Waals surface area contributed by atoms with Crippen LogP contribution in [-0.2, 0) is 4.74 Å². The van der Waals surface area contributed by atoms with Gasteiger partial charge in [-0.3, -0.25) is 10.1 Å². The normalized spacial score (nSPS) is 10.5. The van der Waals surface area contributed by atoms with E-state index in [0.717, 1.165) is 0 Å². The quantitative estimate of drug-likeness (QED) is 0.278. The van der Waals surface area contributed by atoms with Crippen molar-refractivity contribution >= 4 is 34.7 Å². The molecule has 0 atom stereocenters. The molecule has 0 spiro atoms. The number of ether oxygens (including phenoxy) is 2. The summed E-state index contributed by atoms with van der Waals surface area (Å²) in [4.78, 5) is 31.3. The van der Waals surface area contributed by atoms with Gasteiger partial charge in [0.2, 0.25) is 11.6 Å². The number of anilines is 4. The van der Waals surface area contributed by atoms with Gasteiger partial charge in [0.25, 0.3) is 0 Å². The van der Waals surface area contributed by atoms with E-state index in [1.165, 1.54) is 13.4 Å². The highest BCUT2D eigenvalue weighted by Gasteiger charge is 2.24. The number of rotatable bonds is 9. The molecule has 3 aromatic rings. The fraction of sp³-hybridized carbons (Fsp3) is 0.227. The number of para-hydroxylation sites is 2. The van der Waals surface area contributed by atoms with Gasteiger partial charge in [-0.2, -0.15) is 0 Å². The Kier molecular flexibility index (Phi) is 7.17. The van der Waals surface area contributed by atoms with Crippen molar-refractivity contribution in [3.05, 3.63) is 70.5 Å². The minimum Gasteiger partial charge on any atom is -0.495 e. The number of methoxy groups -OCH3 is 1. The number of benzene rings is 2. The average molecular weight is 437 g/mol. The van der Waals surface area contributed by atoms with Crippen LogP contribution in [0.5, 0.6) is 5.75 Å². The van der Waals surface area contributed by atoms with Gasteiger partial charge < -0.3 is 20.1 Å². The fourth-order valence-corrected chi connectivity index (χ4v) is 2.76. The van der Waals surface area contributed by atoms with Gasteiger partial charge in [0, 0.05) is 5.69 Å². The molecule has 10 nitrogen and oxygen atoms in total. The third-order valence-corrected chi connectivity index (χ3v) is 4.30. The Labute approximate surface area is 184 Å². The summed E-state index contributed by atoms with van der Waals surface area (Å²) in [6.07, 6.45) is 1.21. The van der Waals surface area contributed by atoms with E-state index in [1.54, 1.807) is 48.5 Å². The first kappa shape index (κ1) is 22.5. The number of hydrogen-bond acceptors (Lipinski definition) is 9. The summed E-state index contributed by atoms with van der Waals surface area (Å²) in [5, 5.41) is 17.6. The molecule has 0 fully saturated rings. The zero-order valence-corrected chi connectivity index (χ0v) is 17.9. The largest absolute Gasteiger partial charge is 0.495 e. The Morgan fingerprint density at radius 2 is 1.72 bits per heavy atom. The predicted octanol–water partition coefficient (Wildman–Crippen LogP) is 4.69. The van der Waals surface area contributed by atoms with E-state index in [4.69, 9.17) is 9.47 Å². The van der Waals surface area contributed by atoms with Gasteiger partial charge in [-0.05, 0) is 42.3 Å². The average Bonchev–Trinajstić information content (AvgIpc) is 2.78. The number of carbonyl (C=O) groups excluding carboxylic acids is 1. The molecule has 10 heteroatoms. The van der Waals surface area contributed by atoms with Crippen LogP contribution in [0.15, 0.2) is 54.9 Å². The van der Waals surface area contributed by atoms with E-state index < -0.39 is 10.9 Å². The molecule has 0 aliphatic rings. The van der Waals surface area contributed by atoms with Crippen LogP contribution in [0.2, 0.25) is 0 Å². The lowest BCUT2D eigenvalue weighted by Crippen LogP contribution is -2.10. The van der Waals surface area contributed by atoms with Crippen LogP contribution < -0.4 is 15.4 Å². The van der Waals surface area contributed by atoms with Crippen molar-refractivity contribution in [3.63, 3.8) is 0 Å². The zero-order valence-electron chi connectivity index (χ0n) is 17.9. The summed E-state index contributed by atoms with van der Waals surface area (Å²) >= 11 is 0. The molecule has 0 saturated heterocycles. The first-order valence-corrected chi connectivity index (χ1v) is 9.82. The number of nitro groups is 1. The maximum atomic E-state index is 12.1. The molecule has 3 rings (SSSR count). The maximum Gasteiger partial charge on any atom is 0.353 e. The smallest absolute Gasteiger partial charge is 0.353 e. The van der Waals surface area contributed by atoms with Gasteiger partial charge in [0.05, 0.1) is 29.9 Å². The lowest BCUT2D eigenvalue weighted by molar-refractivity contribution is -0.383. The van der Waals surface area contributed by atoms with Crippen LogP contribution in [0.25, 0.3) is 0 Å². The van der Waals surface area contributed by atoms with Crippen molar-refractivity contribution in [1.82, 2.24) is 9.97 Å². The molecule has 0 aliphatic heterocycles. The van der Waals surface area contributed by atoms with Gasteiger partial charge in [-0.25, -0.2) is 14.8 Å². The number of esters is 1. The van der Waals surface area contributed by atoms with Crippen LogP contribution in [0.3, 0.4) is 0 Å². The summed E-state index contributed by atoms with van der Waals surface area (Å²) in [6, 6.07) is 13.4. The van der Waals surface area contributed by atoms with Gasteiger partial charge in [0.1, 0.15) is 12.1 Å². The summed E-state index contributed by atoms with van der Waals surface area (Å²) in [6.45, 7) is 4.23. The van der Waals surface area contributed by atoms with Crippen molar-refractivity contribution in [2.75, 3.05) is 24.4 Å². The highest BCUT2D eigenvalue weighted by molar-refractivity contribution is 5.90. The second-order valence-corrected chi connectivity index (χ2v) is 7.20. The number of carbonyl (C=O) groups is 1. The minimum atomic E-state index is -0.572. The molecule has 0 saturated carbocycles. The topological polar surface area (TPSA) is 129 Å². The highest BCUT2D eigenvalue weighted by atomic mass is 16.6. The molecule has 0 unspecified atom stereocenters. The van der Waals surface area contributed by atoms with E-state index in [0.29, 0.717) is 29.3 Å². The maximum absolute atomic E-state index is 12.1. The van der Waals surface area contributed by atoms with E-state index in [1.807, 2.05) is 13.8 Å². The van der Waals surface area contributed by atoms with Crippen molar-refractivity contribution in [3.8, 4) is 5.75 Å². The molecular formula is C22H23N5O5. The third-order valence-electron chi connectivity index (χ3n) is 4.30. The SMILES string of the molecule is COc1ccccc1Nc1ncnc(Nc2ccc(C(=O)OCC(C)C)cc2)c1[N+](=O)[O-]. The zero-order chi connectivity index (χ0) is 23.1. The van der Waals surface area contributed by atoms with Crippen molar-refractivity contribution in [2.24, 2.45) is 5.92 Å². The molecule has 0 radical (unpaired) electrons. The number of hydrogen-bond donors (Lipinski definition) is 2. The van der Waals surface area contributed by atoms with Crippen LogP contribution in [-0.4, -0.2) is 34.6 Å². The molecule has 1 heterocycles. The van der Waals surface area contributed by atoms with Crippen molar-refractivity contribution < 1.29 is 19.2 Å². The fourth-order valence-electron chi connectivity index (χ4n) is 2.76. The molecule has 2 N–H and O–H groups in total. The number of nitrogens with one attached hydrogen (secondary N) is 2. The first-order valence-electron chi connectivity index (χ1n) is 9.82.